The number of aryl methyl sites for hydroxylation is 1. The van der Waals surface area contributed by atoms with E-state index in [1.54, 1.807) is 32.3 Å². The molecule has 1 aliphatic heterocycles. The summed E-state index contributed by atoms with van der Waals surface area (Å²) in [5, 5.41) is 0. The van der Waals surface area contributed by atoms with Gasteiger partial charge in [0.1, 0.15) is 11.4 Å². The minimum Gasteiger partial charge on any atom is -0.382 e. The molecule has 7 heteroatoms. The summed E-state index contributed by atoms with van der Waals surface area (Å²) in [6.07, 6.45) is 4.06. The van der Waals surface area contributed by atoms with Crippen molar-refractivity contribution in [2.24, 2.45) is 7.05 Å². The van der Waals surface area contributed by atoms with E-state index in [4.69, 9.17) is 9.47 Å². The lowest BCUT2D eigenvalue weighted by atomic mass is 9.97. The predicted octanol–water partition coefficient (Wildman–Crippen LogP) is 0.116. The maximum atomic E-state index is 12.1. The standard InChI is InChI=1S/C15H26N4O3/c1-17(2)14(20)9-15(12-21-4)11-19(7-8-22-15)10-13-16-5-6-18(13)3/h5-6H,7-12H2,1-4H3/t15-/m1/s1. The van der Waals surface area contributed by atoms with E-state index in [-0.39, 0.29) is 5.91 Å². The van der Waals surface area contributed by atoms with Crippen molar-refractivity contribution in [2.75, 3.05) is 47.5 Å². The lowest BCUT2D eigenvalue weighted by Crippen LogP contribution is -2.56. The molecule has 1 fully saturated rings. The fraction of sp³-hybridized carbons (Fsp3) is 0.733. The molecule has 1 atom stereocenters. The van der Waals surface area contributed by atoms with Crippen molar-refractivity contribution in [1.82, 2.24) is 19.4 Å². The summed E-state index contributed by atoms with van der Waals surface area (Å²) < 4.78 is 13.3. The number of aromatic nitrogens is 2. The highest BCUT2D eigenvalue weighted by atomic mass is 16.5. The van der Waals surface area contributed by atoms with Gasteiger partial charge in [0.2, 0.25) is 5.91 Å². The van der Waals surface area contributed by atoms with Crippen molar-refractivity contribution in [3.8, 4) is 0 Å². The predicted molar refractivity (Wildman–Crippen MR) is 82.4 cm³/mol. The largest absolute Gasteiger partial charge is 0.382 e. The lowest BCUT2D eigenvalue weighted by molar-refractivity contribution is -0.160. The number of hydrogen-bond donors (Lipinski definition) is 0. The van der Waals surface area contributed by atoms with E-state index in [1.165, 1.54) is 0 Å². The highest BCUT2D eigenvalue weighted by Crippen LogP contribution is 2.24. The van der Waals surface area contributed by atoms with Crippen LogP contribution in [0.4, 0.5) is 0 Å². The van der Waals surface area contributed by atoms with Crippen LogP contribution in [0.15, 0.2) is 12.4 Å². The SMILES string of the molecule is COC[C@@]1(CC(=O)N(C)C)CN(Cc2nccn2C)CCO1. The monoisotopic (exact) mass is 310 g/mol. The number of carbonyl (C=O) groups excluding carboxylic acids is 1. The van der Waals surface area contributed by atoms with Gasteiger partial charge in [0.25, 0.3) is 0 Å². The minimum absolute atomic E-state index is 0.0518. The van der Waals surface area contributed by atoms with E-state index in [9.17, 15) is 4.79 Å². The van der Waals surface area contributed by atoms with Crippen LogP contribution in [-0.4, -0.2) is 78.4 Å². The van der Waals surface area contributed by atoms with E-state index < -0.39 is 5.60 Å². The Labute approximate surface area is 131 Å². The fourth-order valence-electron chi connectivity index (χ4n) is 2.75. The summed E-state index contributed by atoms with van der Waals surface area (Å²) in [6, 6.07) is 0. The molecule has 0 radical (unpaired) electrons. The topological polar surface area (TPSA) is 59.8 Å². The van der Waals surface area contributed by atoms with E-state index in [2.05, 4.69) is 9.88 Å². The molecule has 0 unspecified atom stereocenters. The van der Waals surface area contributed by atoms with Crippen molar-refractivity contribution in [1.29, 1.82) is 0 Å². The second-order valence-corrected chi connectivity index (χ2v) is 6.09. The fourth-order valence-corrected chi connectivity index (χ4v) is 2.75. The molecule has 0 saturated carbocycles. The van der Waals surface area contributed by atoms with Crippen LogP contribution in [-0.2, 0) is 27.9 Å². The van der Waals surface area contributed by atoms with Gasteiger partial charge in [0.15, 0.2) is 0 Å². The quantitative estimate of drug-likeness (QED) is 0.747. The van der Waals surface area contributed by atoms with Crippen molar-refractivity contribution in [3.63, 3.8) is 0 Å². The molecule has 0 aromatic carbocycles. The molecular formula is C15H26N4O3. The van der Waals surface area contributed by atoms with Gasteiger partial charge in [-0.2, -0.15) is 0 Å². The Hall–Kier alpha value is -1.44. The Morgan fingerprint density at radius 3 is 2.91 bits per heavy atom. The van der Waals surface area contributed by atoms with Gasteiger partial charge < -0.3 is 18.9 Å². The van der Waals surface area contributed by atoms with Crippen LogP contribution in [0.1, 0.15) is 12.2 Å². The number of carbonyl (C=O) groups is 1. The second kappa shape index (κ2) is 7.21. The molecular weight excluding hydrogens is 284 g/mol. The zero-order valence-corrected chi connectivity index (χ0v) is 13.9. The van der Waals surface area contributed by atoms with Gasteiger partial charge in [-0.15, -0.1) is 0 Å². The lowest BCUT2D eigenvalue weighted by Gasteiger charge is -2.42. The summed E-state index contributed by atoms with van der Waals surface area (Å²) in [5.41, 5.74) is -0.584. The van der Waals surface area contributed by atoms with E-state index >= 15 is 0 Å². The molecule has 2 rings (SSSR count). The van der Waals surface area contributed by atoms with Gasteiger partial charge >= 0.3 is 0 Å². The Bertz CT molecular complexity index is 499. The van der Waals surface area contributed by atoms with Crippen molar-refractivity contribution < 1.29 is 14.3 Å². The first kappa shape index (κ1) is 16.9. The van der Waals surface area contributed by atoms with Crippen LogP contribution < -0.4 is 0 Å². The number of amides is 1. The molecule has 0 N–H and O–H groups in total. The number of hydrogen-bond acceptors (Lipinski definition) is 5. The third kappa shape index (κ3) is 4.06. The molecule has 0 spiro atoms. The molecule has 1 amide bonds. The van der Waals surface area contributed by atoms with Gasteiger partial charge in [-0.1, -0.05) is 0 Å². The molecule has 1 aromatic rings. The molecule has 2 heterocycles. The average molecular weight is 310 g/mol. The molecule has 22 heavy (non-hydrogen) atoms. The van der Waals surface area contributed by atoms with Crippen LogP contribution in [0.25, 0.3) is 0 Å². The van der Waals surface area contributed by atoms with Crippen LogP contribution in [0.3, 0.4) is 0 Å². The highest BCUT2D eigenvalue weighted by Gasteiger charge is 2.39. The Morgan fingerprint density at radius 1 is 1.55 bits per heavy atom. The third-order valence-corrected chi connectivity index (χ3v) is 3.99. The number of nitrogens with zero attached hydrogens (tertiary/aromatic N) is 4. The molecule has 1 aromatic heterocycles. The number of imidazole rings is 1. The summed E-state index contributed by atoms with van der Waals surface area (Å²) in [7, 11) is 7.15. The summed E-state index contributed by atoms with van der Waals surface area (Å²) >= 11 is 0. The Morgan fingerprint density at radius 2 is 2.32 bits per heavy atom. The molecule has 0 bridgehead atoms. The number of methoxy groups -OCH3 is 1. The van der Waals surface area contributed by atoms with Crippen LogP contribution in [0.2, 0.25) is 0 Å². The minimum atomic E-state index is -0.584. The summed E-state index contributed by atoms with van der Waals surface area (Å²) in [6.45, 7) is 3.23. The summed E-state index contributed by atoms with van der Waals surface area (Å²) in [4.78, 5) is 20.4. The molecule has 124 valence electrons. The van der Waals surface area contributed by atoms with E-state index in [0.717, 1.165) is 18.9 Å². The number of morpholine rings is 1. The third-order valence-electron chi connectivity index (χ3n) is 3.99. The first-order valence-corrected chi connectivity index (χ1v) is 7.47. The Balaban J connectivity index is 2.06. The van der Waals surface area contributed by atoms with Gasteiger partial charge in [0.05, 0.1) is 26.2 Å². The van der Waals surface area contributed by atoms with Crippen molar-refractivity contribution in [3.05, 3.63) is 18.2 Å². The average Bonchev–Trinajstić information content (AvgIpc) is 2.84. The normalized spacial score (nSPS) is 22.7. The molecule has 7 nitrogen and oxygen atoms in total. The summed E-state index contributed by atoms with van der Waals surface area (Å²) in [5.74, 6) is 1.06. The van der Waals surface area contributed by atoms with E-state index in [0.29, 0.717) is 26.2 Å². The maximum absolute atomic E-state index is 12.1. The molecule has 0 aliphatic carbocycles. The van der Waals surface area contributed by atoms with Gasteiger partial charge in [-0.3, -0.25) is 9.69 Å². The maximum Gasteiger partial charge on any atom is 0.225 e. The zero-order chi connectivity index (χ0) is 16.2. The second-order valence-electron chi connectivity index (χ2n) is 6.09. The molecule has 1 saturated heterocycles. The van der Waals surface area contributed by atoms with Gasteiger partial charge in [-0.25, -0.2) is 4.98 Å². The number of rotatable bonds is 6. The van der Waals surface area contributed by atoms with Crippen LogP contribution in [0, 0.1) is 0 Å². The number of ether oxygens (including phenoxy) is 2. The van der Waals surface area contributed by atoms with E-state index in [1.807, 2.05) is 17.8 Å². The first-order valence-electron chi connectivity index (χ1n) is 7.47. The van der Waals surface area contributed by atoms with Crippen LogP contribution >= 0.6 is 0 Å². The first-order chi connectivity index (χ1) is 10.5. The smallest absolute Gasteiger partial charge is 0.225 e. The van der Waals surface area contributed by atoms with Gasteiger partial charge in [0, 0.05) is 53.7 Å². The highest BCUT2D eigenvalue weighted by molar-refractivity contribution is 5.76. The van der Waals surface area contributed by atoms with Crippen molar-refractivity contribution in [2.45, 2.75) is 18.6 Å². The van der Waals surface area contributed by atoms with Crippen LogP contribution in [0.5, 0.6) is 0 Å². The molecule has 1 aliphatic rings. The Kier molecular flexibility index (Phi) is 5.55. The van der Waals surface area contributed by atoms with Gasteiger partial charge in [-0.05, 0) is 0 Å². The zero-order valence-electron chi connectivity index (χ0n) is 13.9. The van der Waals surface area contributed by atoms with Crippen molar-refractivity contribution >= 4 is 5.91 Å².